The summed E-state index contributed by atoms with van der Waals surface area (Å²) < 4.78 is 5.42. The first-order valence-electron chi connectivity index (χ1n) is 7.28. The van der Waals surface area contributed by atoms with Crippen LogP contribution in [0.4, 0.5) is 0 Å². The first-order chi connectivity index (χ1) is 9.30. The van der Waals surface area contributed by atoms with Gasteiger partial charge in [0.25, 0.3) is 0 Å². The molecule has 2 nitrogen and oxygen atoms in total. The van der Waals surface area contributed by atoms with Crippen LogP contribution in [0.5, 0.6) is 0 Å². The molecule has 0 aromatic rings. The molecule has 0 N–H and O–H groups in total. The molecule has 0 aliphatic carbocycles. The summed E-state index contributed by atoms with van der Waals surface area (Å²) in [5.74, 6) is 0.669. The first kappa shape index (κ1) is 19.5. The molecule has 1 atom stereocenters. The van der Waals surface area contributed by atoms with Crippen LogP contribution in [0.3, 0.4) is 0 Å². The zero-order valence-corrected chi connectivity index (χ0v) is 14.7. The van der Waals surface area contributed by atoms with E-state index in [-0.39, 0.29) is 10.7 Å². The van der Waals surface area contributed by atoms with Crippen molar-refractivity contribution in [1.82, 2.24) is 0 Å². The van der Waals surface area contributed by atoms with Crippen LogP contribution in [0.1, 0.15) is 53.4 Å². The third-order valence-corrected chi connectivity index (χ3v) is 4.01. The van der Waals surface area contributed by atoms with Gasteiger partial charge in [0.2, 0.25) is 5.12 Å². The molecule has 0 saturated carbocycles. The Morgan fingerprint density at radius 2 is 2.05 bits per heavy atom. The van der Waals surface area contributed by atoms with Gasteiger partial charge in [0.05, 0.1) is 5.60 Å². The fourth-order valence-corrected chi connectivity index (χ4v) is 2.18. The zero-order chi connectivity index (χ0) is 15.6. The van der Waals surface area contributed by atoms with Crippen molar-refractivity contribution in [1.29, 1.82) is 0 Å². The van der Waals surface area contributed by atoms with Crippen LogP contribution in [0, 0.1) is 5.92 Å². The van der Waals surface area contributed by atoms with Crippen LogP contribution in [0.25, 0.3) is 0 Å². The summed E-state index contributed by atoms with van der Waals surface area (Å²) in [6, 6.07) is 0. The number of carbonyl (C=O) groups is 1. The van der Waals surface area contributed by atoms with Crippen LogP contribution in [-0.2, 0) is 9.53 Å². The van der Waals surface area contributed by atoms with Gasteiger partial charge in [-0.25, -0.2) is 0 Å². The Bertz CT molecular complexity index is 343. The van der Waals surface area contributed by atoms with Crippen LogP contribution in [0.15, 0.2) is 23.8 Å². The predicted molar refractivity (Wildman–Crippen MR) is 90.1 cm³/mol. The Labute approximate surface area is 129 Å². The predicted octanol–water partition coefficient (Wildman–Crippen LogP) is 5.00. The molecule has 0 aromatic carbocycles. The first-order valence-corrected chi connectivity index (χ1v) is 8.51. The average molecular weight is 298 g/mol. The molecule has 116 valence electrons. The Balaban J connectivity index is 3.96. The molecule has 0 radical (unpaired) electrons. The van der Waals surface area contributed by atoms with Crippen molar-refractivity contribution in [2.75, 3.05) is 13.4 Å². The van der Waals surface area contributed by atoms with E-state index in [9.17, 15) is 4.79 Å². The molecule has 0 rings (SSSR count). The smallest absolute Gasteiger partial charge is 0.212 e. The molecular formula is C17H30O2S. The number of rotatable bonds is 9. The van der Waals surface area contributed by atoms with E-state index < -0.39 is 0 Å². The van der Waals surface area contributed by atoms with Gasteiger partial charge in [-0.3, -0.25) is 4.79 Å². The zero-order valence-electron chi connectivity index (χ0n) is 13.9. The van der Waals surface area contributed by atoms with Crippen LogP contribution in [0.2, 0.25) is 0 Å². The third kappa shape index (κ3) is 10.3. The normalized spacial score (nSPS) is 14.8. The van der Waals surface area contributed by atoms with Crippen molar-refractivity contribution in [3.05, 3.63) is 23.8 Å². The van der Waals surface area contributed by atoms with E-state index in [4.69, 9.17) is 4.74 Å². The number of carbonyl (C=O) groups excluding carboxylic acids is 1. The van der Waals surface area contributed by atoms with E-state index in [0.29, 0.717) is 5.92 Å². The average Bonchev–Trinajstić information content (AvgIpc) is 2.38. The number of methoxy groups -OCH3 is 1. The topological polar surface area (TPSA) is 26.3 Å². The monoisotopic (exact) mass is 298 g/mol. The van der Waals surface area contributed by atoms with E-state index in [1.807, 2.05) is 13.0 Å². The van der Waals surface area contributed by atoms with Crippen molar-refractivity contribution in [3.63, 3.8) is 0 Å². The summed E-state index contributed by atoms with van der Waals surface area (Å²) in [7, 11) is 1.77. The van der Waals surface area contributed by atoms with Gasteiger partial charge in [0.1, 0.15) is 0 Å². The lowest BCUT2D eigenvalue weighted by Gasteiger charge is -2.23. The lowest BCUT2D eigenvalue weighted by Crippen LogP contribution is -2.22. The highest BCUT2D eigenvalue weighted by molar-refractivity contribution is 8.13. The third-order valence-electron chi connectivity index (χ3n) is 3.49. The number of hydrogen-bond acceptors (Lipinski definition) is 3. The van der Waals surface area contributed by atoms with Gasteiger partial charge in [-0.05, 0) is 57.4 Å². The summed E-state index contributed by atoms with van der Waals surface area (Å²) in [4.78, 5) is 11.2. The SMILES string of the molecule is COC(C)(C)CCCC(C)C/C=C/C(C)=C/C(=O)SC. The molecule has 0 fully saturated rings. The van der Waals surface area contributed by atoms with E-state index >= 15 is 0 Å². The van der Waals surface area contributed by atoms with Crippen molar-refractivity contribution in [2.45, 2.75) is 59.0 Å². The molecule has 20 heavy (non-hydrogen) atoms. The highest BCUT2D eigenvalue weighted by Crippen LogP contribution is 2.20. The molecule has 0 saturated heterocycles. The Kier molecular flexibility index (Phi) is 9.95. The fourth-order valence-electron chi connectivity index (χ4n) is 1.88. The summed E-state index contributed by atoms with van der Waals surface area (Å²) in [5, 5.41) is 0.113. The van der Waals surface area contributed by atoms with Gasteiger partial charge in [-0.15, -0.1) is 0 Å². The minimum absolute atomic E-state index is 0.00688. The Morgan fingerprint density at radius 3 is 2.60 bits per heavy atom. The largest absolute Gasteiger partial charge is 0.379 e. The molecule has 0 bridgehead atoms. The van der Waals surface area contributed by atoms with Crippen LogP contribution in [-0.4, -0.2) is 24.1 Å². The minimum Gasteiger partial charge on any atom is -0.379 e. The van der Waals surface area contributed by atoms with Gasteiger partial charge in [0.15, 0.2) is 0 Å². The minimum atomic E-state index is -0.00688. The van der Waals surface area contributed by atoms with E-state index in [1.165, 1.54) is 24.6 Å². The summed E-state index contributed by atoms with van der Waals surface area (Å²) >= 11 is 1.25. The second-order valence-corrected chi connectivity index (χ2v) is 6.82. The van der Waals surface area contributed by atoms with Gasteiger partial charge >= 0.3 is 0 Å². The lowest BCUT2D eigenvalue weighted by molar-refractivity contribution is -0.107. The van der Waals surface area contributed by atoms with Crippen molar-refractivity contribution >= 4 is 16.9 Å². The highest BCUT2D eigenvalue weighted by atomic mass is 32.2. The standard InChI is InChI=1S/C17H30O2S/c1-14(11-8-12-17(3,4)19-5)9-7-10-15(2)13-16(18)20-6/h7,10,13-14H,8-9,11-12H2,1-6H3/b10-7+,15-13+. The van der Waals surface area contributed by atoms with Gasteiger partial charge in [0, 0.05) is 7.11 Å². The quantitative estimate of drug-likeness (QED) is 0.442. The van der Waals surface area contributed by atoms with E-state index in [0.717, 1.165) is 18.4 Å². The van der Waals surface area contributed by atoms with E-state index in [1.54, 1.807) is 19.4 Å². The number of allylic oxidation sites excluding steroid dienone is 3. The van der Waals surface area contributed by atoms with E-state index in [2.05, 4.69) is 26.8 Å². The highest BCUT2D eigenvalue weighted by Gasteiger charge is 2.15. The molecule has 0 aliphatic rings. The maximum atomic E-state index is 11.2. The molecule has 0 aromatic heterocycles. The molecule has 1 unspecified atom stereocenters. The second-order valence-electron chi connectivity index (χ2n) is 6.01. The molecule has 0 spiro atoms. The Hall–Kier alpha value is -0.540. The molecule has 3 heteroatoms. The lowest BCUT2D eigenvalue weighted by atomic mass is 9.95. The molecule has 0 amide bonds. The summed E-state index contributed by atoms with van der Waals surface area (Å²) in [6.07, 6.45) is 12.3. The number of thioether (sulfide) groups is 1. The van der Waals surface area contributed by atoms with Crippen molar-refractivity contribution in [2.24, 2.45) is 5.92 Å². The van der Waals surface area contributed by atoms with Crippen molar-refractivity contribution in [3.8, 4) is 0 Å². The van der Waals surface area contributed by atoms with Crippen LogP contribution >= 0.6 is 11.8 Å². The van der Waals surface area contributed by atoms with Crippen molar-refractivity contribution < 1.29 is 9.53 Å². The van der Waals surface area contributed by atoms with Gasteiger partial charge in [-0.1, -0.05) is 43.7 Å². The van der Waals surface area contributed by atoms with Gasteiger partial charge in [-0.2, -0.15) is 0 Å². The number of hydrogen-bond donors (Lipinski definition) is 0. The summed E-state index contributed by atoms with van der Waals surface area (Å²) in [5.41, 5.74) is 1.02. The molecule has 0 heterocycles. The maximum absolute atomic E-state index is 11.2. The number of ether oxygens (including phenoxy) is 1. The second kappa shape index (κ2) is 10.2. The van der Waals surface area contributed by atoms with Crippen LogP contribution < -0.4 is 0 Å². The van der Waals surface area contributed by atoms with Gasteiger partial charge < -0.3 is 4.74 Å². The fraction of sp³-hybridized carbons (Fsp3) is 0.706. The Morgan fingerprint density at radius 1 is 1.40 bits per heavy atom. The maximum Gasteiger partial charge on any atom is 0.212 e. The summed E-state index contributed by atoms with van der Waals surface area (Å²) in [6.45, 7) is 8.51. The molecular weight excluding hydrogens is 268 g/mol. The molecule has 0 aliphatic heterocycles.